The van der Waals surface area contributed by atoms with E-state index in [0.717, 1.165) is 11.0 Å². The number of fused-ring (bicyclic) bond motifs is 4. The summed E-state index contributed by atoms with van der Waals surface area (Å²) in [6.07, 6.45) is 3.78. The lowest BCUT2D eigenvalue weighted by atomic mass is 9.87. The highest BCUT2D eigenvalue weighted by Crippen LogP contribution is 2.35. The van der Waals surface area contributed by atoms with Gasteiger partial charge < -0.3 is 58.2 Å². The van der Waals surface area contributed by atoms with Gasteiger partial charge in [0.2, 0.25) is 29.4 Å². The van der Waals surface area contributed by atoms with Crippen LogP contribution in [0.2, 0.25) is 0 Å². The molecule has 0 saturated carbocycles. The molecule has 3 aliphatic rings. The molecule has 0 radical (unpaired) electrons. The number of halogens is 1. The molecule has 3 heterocycles. The van der Waals surface area contributed by atoms with Crippen LogP contribution in [-0.4, -0.2) is 182 Å². The van der Waals surface area contributed by atoms with Crippen molar-refractivity contribution in [3.8, 4) is 17.2 Å². The zero-order valence-electron chi connectivity index (χ0n) is 50.1. The van der Waals surface area contributed by atoms with Crippen molar-refractivity contribution >= 4 is 53.2 Å². The SMILES string of the molecule is COc1ccc(CC[C@H]2OC(=O)[C@@H]3CCCCN3C(=O)C(=O)C(C)(C)COC(=O)/C=C\CCN(C)C(=O)[C@@H]3CCCN3C(=O)[C@H](COC(C)(C)C)N(C)C(=O)C(c3ccccc3)NC(=O)[C@H](C)N(C)C(=O)COc3cccc2c3)c(F)c1OC. The van der Waals surface area contributed by atoms with Crippen molar-refractivity contribution in [2.24, 2.45) is 5.41 Å². The highest BCUT2D eigenvalue weighted by atomic mass is 19.1. The number of carbonyl (C=O) groups excluding carboxylic acids is 9. The lowest BCUT2D eigenvalue weighted by molar-refractivity contribution is -0.165. The number of nitrogens with zero attached hydrogens (tertiary/aromatic N) is 5. The van der Waals surface area contributed by atoms with Crippen molar-refractivity contribution in [3.05, 3.63) is 101 Å². The average Bonchev–Trinajstić information content (AvgIpc) is 3.48. The Kier molecular flexibility index (Phi) is 22.6. The Bertz CT molecular complexity index is 2910. The van der Waals surface area contributed by atoms with Gasteiger partial charge in [-0.25, -0.2) is 14.0 Å². The van der Waals surface area contributed by atoms with Gasteiger partial charge in [0.25, 0.3) is 11.8 Å². The summed E-state index contributed by atoms with van der Waals surface area (Å²) in [7, 11) is 7.09. The van der Waals surface area contributed by atoms with Crippen molar-refractivity contribution in [2.45, 2.75) is 135 Å². The fraction of sp³-hybridized carbons (Fsp3) is 0.532. The summed E-state index contributed by atoms with van der Waals surface area (Å²) < 4.78 is 50.3. The number of ketones is 1. The molecule has 6 atom stereocenters. The first-order valence-corrected chi connectivity index (χ1v) is 28.4. The fourth-order valence-electron chi connectivity index (χ4n) is 10.1. The second-order valence-electron chi connectivity index (χ2n) is 23.0. The molecule has 2 bridgehead atoms. The van der Waals surface area contributed by atoms with Gasteiger partial charge in [0.15, 0.2) is 23.9 Å². The van der Waals surface area contributed by atoms with Crippen molar-refractivity contribution in [1.29, 1.82) is 0 Å². The standard InChI is InChI=1S/C62H81FN6O15/c1-39-55(73)64-52(41-21-13-12-14-22-41)58(76)67(9)46(36-83-61(2,3)4)57(75)68-34-20-26-44(68)56(74)65(7)32-17-16-27-50(71)82-38-62(5,6)54(72)59(77)69-33-18-15-25-45(69)60(78)84-47(30-28-40-29-31-48(79-10)53(80-11)51(40)63)42-23-19-24-43(35-42)81-37-49(70)66(39)8/h12-14,16,19,21-24,27,29,31,35,39,44-47,52H,15,17-18,20,25-26,28,30,32-34,36-38H2,1-11H3,(H,64,73)/b27-16-/t39-,44-,45-,46-,47+,52?/m0/s1. The lowest BCUT2D eigenvalue weighted by Gasteiger charge is -2.37. The Morgan fingerprint density at radius 3 is 2.13 bits per heavy atom. The minimum atomic E-state index is -1.53. The maximum absolute atomic E-state index is 15.9. The van der Waals surface area contributed by atoms with Gasteiger partial charge in [-0.05, 0) is 128 Å². The Hall–Kier alpha value is -7.88. The van der Waals surface area contributed by atoms with Crippen LogP contribution in [0.25, 0.3) is 0 Å². The number of cyclic esters (lactones) is 2. The van der Waals surface area contributed by atoms with Crippen molar-refractivity contribution in [1.82, 2.24) is 29.8 Å². The van der Waals surface area contributed by atoms with Crippen molar-refractivity contribution < 1.29 is 76.0 Å². The Morgan fingerprint density at radius 1 is 0.750 bits per heavy atom. The van der Waals surface area contributed by atoms with Gasteiger partial charge in [0, 0.05) is 46.9 Å². The molecule has 0 spiro atoms. The highest BCUT2D eigenvalue weighted by Gasteiger charge is 2.45. The average molecular weight is 1170 g/mol. The molecule has 2 fully saturated rings. The van der Waals surface area contributed by atoms with E-state index >= 15 is 4.39 Å². The molecule has 0 aliphatic carbocycles. The van der Waals surface area contributed by atoms with Crippen LogP contribution >= 0.6 is 0 Å². The van der Waals surface area contributed by atoms with Crippen LogP contribution in [0.5, 0.6) is 17.2 Å². The van der Waals surface area contributed by atoms with E-state index in [1.807, 2.05) is 0 Å². The predicted molar refractivity (Wildman–Crippen MR) is 306 cm³/mol. The van der Waals surface area contributed by atoms with E-state index in [1.54, 1.807) is 88.5 Å². The first kappa shape index (κ1) is 65.3. The molecule has 3 aromatic rings. The fourth-order valence-corrected chi connectivity index (χ4v) is 10.1. The second kappa shape index (κ2) is 29.1. The van der Waals surface area contributed by atoms with Crippen LogP contribution in [0.15, 0.2) is 78.9 Å². The van der Waals surface area contributed by atoms with Gasteiger partial charge in [-0.2, -0.15) is 0 Å². The number of piperidine rings is 1. The molecular formula is C62H81FN6O15. The molecule has 2 saturated heterocycles. The third-order valence-corrected chi connectivity index (χ3v) is 15.4. The van der Waals surface area contributed by atoms with E-state index in [4.69, 9.17) is 28.4 Å². The number of nitrogens with one attached hydrogen (secondary N) is 1. The predicted octanol–water partition coefficient (Wildman–Crippen LogP) is 5.71. The maximum Gasteiger partial charge on any atom is 0.330 e. The van der Waals surface area contributed by atoms with Crippen LogP contribution in [0, 0.1) is 11.2 Å². The topological polar surface area (TPSA) is 237 Å². The Labute approximate surface area is 491 Å². The zero-order valence-corrected chi connectivity index (χ0v) is 50.1. The van der Waals surface area contributed by atoms with Crippen LogP contribution in [0.4, 0.5) is 4.39 Å². The zero-order chi connectivity index (χ0) is 61.6. The van der Waals surface area contributed by atoms with E-state index < -0.39 is 114 Å². The number of likely N-dealkylation sites (N-methyl/N-ethyl adjacent to an activating group) is 3. The number of aryl methyl sites for hydroxylation is 1. The van der Waals surface area contributed by atoms with Gasteiger partial charge in [0.1, 0.15) is 48.7 Å². The minimum Gasteiger partial charge on any atom is -0.493 e. The number of esters is 2. The number of Topliss-reactive ketones (excluding diaryl/α,β-unsaturated/α-hetero) is 1. The largest absolute Gasteiger partial charge is 0.493 e. The summed E-state index contributed by atoms with van der Waals surface area (Å²) >= 11 is 0. The summed E-state index contributed by atoms with van der Waals surface area (Å²) in [5.74, 6) is -6.90. The molecule has 1 unspecified atom stereocenters. The van der Waals surface area contributed by atoms with Gasteiger partial charge in [-0.15, -0.1) is 0 Å². The third kappa shape index (κ3) is 16.5. The number of amides is 6. The van der Waals surface area contributed by atoms with Gasteiger partial charge in [-0.3, -0.25) is 33.6 Å². The summed E-state index contributed by atoms with van der Waals surface area (Å²) in [6, 6.07) is 12.0. The molecular weight excluding hydrogens is 1090 g/mol. The highest BCUT2D eigenvalue weighted by molar-refractivity contribution is 6.38. The molecule has 1 N–H and O–H groups in total. The number of methoxy groups -OCH3 is 2. The van der Waals surface area contributed by atoms with E-state index in [0.29, 0.717) is 36.8 Å². The van der Waals surface area contributed by atoms with E-state index in [1.165, 1.54) is 80.8 Å². The normalized spacial score (nSPS) is 24.0. The number of benzene rings is 3. The van der Waals surface area contributed by atoms with Gasteiger partial charge in [0.05, 0.1) is 31.8 Å². The summed E-state index contributed by atoms with van der Waals surface area (Å²) in [4.78, 5) is 134. The van der Waals surface area contributed by atoms with Crippen molar-refractivity contribution in [2.75, 3.05) is 74.8 Å². The van der Waals surface area contributed by atoms with Crippen LogP contribution in [0.1, 0.15) is 115 Å². The van der Waals surface area contributed by atoms with Crippen LogP contribution < -0.4 is 19.5 Å². The number of hydrogen-bond acceptors (Lipinski definition) is 15. The minimum absolute atomic E-state index is 0.00000335. The molecule has 6 amide bonds. The van der Waals surface area contributed by atoms with Crippen molar-refractivity contribution in [3.63, 3.8) is 0 Å². The molecule has 3 aliphatic heterocycles. The molecule has 0 aromatic heterocycles. The second-order valence-corrected chi connectivity index (χ2v) is 23.0. The molecule has 22 heteroatoms. The van der Waals surface area contributed by atoms with E-state index in [-0.39, 0.29) is 80.6 Å². The van der Waals surface area contributed by atoms with Crippen LogP contribution in [-0.2, 0) is 63.8 Å². The van der Waals surface area contributed by atoms with E-state index in [2.05, 4.69) is 5.32 Å². The molecule has 456 valence electrons. The Balaban J connectivity index is 1.33. The molecule has 21 nitrogen and oxygen atoms in total. The summed E-state index contributed by atoms with van der Waals surface area (Å²) in [5, 5.41) is 2.81. The van der Waals surface area contributed by atoms with Gasteiger partial charge in [-0.1, -0.05) is 54.6 Å². The molecule has 84 heavy (non-hydrogen) atoms. The lowest BCUT2D eigenvalue weighted by Crippen LogP contribution is -2.58. The number of hydrogen-bond donors (Lipinski definition) is 1. The first-order chi connectivity index (χ1) is 39.8. The quantitative estimate of drug-likeness (QED) is 0.210. The number of carbonyl (C=O) groups is 9. The monoisotopic (exact) mass is 1170 g/mol. The summed E-state index contributed by atoms with van der Waals surface area (Å²) in [6.45, 7) is 8.88. The van der Waals surface area contributed by atoms with Gasteiger partial charge >= 0.3 is 11.9 Å². The van der Waals surface area contributed by atoms with E-state index in [9.17, 15) is 43.2 Å². The smallest absolute Gasteiger partial charge is 0.330 e. The first-order valence-electron chi connectivity index (χ1n) is 28.4. The molecule has 6 rings (SSSR count). The Morgan fingerprint density at radius 2 is 1.44 bits per heavy atom. The summed E-state index contributed by atoms with van der Waals surface area (Å²) in [5.41, 5.74) is -1.30. The number of ether oxygens (including phenoxy) is 6. The third-order valence-electron chi connectivity index (χ3n) is 15.4. The number of rotatable bonds is 8. The van der Waals surface area contributed by atoms with Crippen LogP contribution in [0.3, 0.4) is 0 Å². The molecule has 3 aromatic carbocycles. The maximum atomic E-state index is 15.9.